The third-order valence-electron chi connectivity index (χ3n) is 2.22. The quantitative estimate of drug-likeness (QED) is 0.388. The summed E-state index contributed by atoms with van der Waals surface area (Å²) >= 11 is 5.12. The molecule has 0 spiro atoms. The highest BCUT2D eigenvalue weighted by molar-refractivity contribution is 7.80. The van der Waals surface area contributed by atoms with Gasteiger partial charge in [-0.2, -0.15) is 0 Å². The van der Waals surface area contributed by atoms with Crippen LogP contribution in [0.15, 0.2) is 54.6 Å². The van der Waals surface area contributed by atoms with Crippen molar-refractivity contribution in [3.63, 3.8) is 0 Å². The van der Waals surface area contributed by atoms with E-state index in [4.69, 9.17) is 17.3 Å². The van der Waals surface area contributed by atoms with Gasteiger partial charge in [0.2, 0.25) is 0 Å². The first-order chi connectivity index (χ1) is 8.74. The summed E-state index contributed by atoms with van der Waals surface area (Å²) in [4.78, 5) is 0. The lowest BCUT2D eigenvalue weighted by Crippen LogP contribution is -2.33. The van der Waals surface area contributed by atoms with Crippen LogP contribution < -0.4 is 16.2 Å². The lowest BCUT2D eigenvalue weighted by molar-refractivity contribution is 0.475. The highest BCUT2D eigenvalue weighted by Gasteiger charge is 1.97. The fraction of sp³-hybridized carbons (Fsp3) is 0. The first-order valence-corrected chi connectivity index (χ1v) is 5.82. The van der Waals surface area contributed by atoms with Crippen molar-refractivity contribution in [2.45, 2.75) is 0 Å². The average Bonchev–Trinajstić information content (AvgIpc) is 2.40. The molecule has 0 aromatic heterocycles. The van der Waals surface area contributed by atoms with Crippen LogP contribution >= 0.6 is 12.2 Å². The van der Waals surface area contributed by atoms with E-state index in [0.29, 0.717) is 5.11 Å². The van der Waals surface area contributed by atoms with Crippen LogP contribution in [-0.2, 0) is 0 Å². The summed E-state index contributed by atoms with van der Waals surface area (Å²) in [5, 5.41) is 12.6. The van der Waals surface area contributed by atoms with Gasteiger partial charge in [-0.1, -0.05) is 18.2 Å². The van der Waals surface area contributed by atoms with Crippen molar-refractivity contribution in [1.29, 1.82) is 0 Å². The zero-order valence-electron chi connectivity index (χ0n) is 9.55. The molecule has 0 bridgehead atoms. The molecular weight excluding hydrogens is 246 g/mol. The normalized spacial score (nSPS) is 9.56. The molecule has 0 fully saturated rings. The number of para-hydroxylation sites is 1. The summed E-state index contributed by atoms with van der Waals surface area (Å²) in [6.45, 7) is 0. The topological polar surface area (TPSA) is 56.3 Å². The number of rotatable bonds is 3. The second-order valence-corrected chi connectivity index (χ2v) is 4.03. The third-order valence-corrected chi connectivity index (χ3v) is 2.42. The molecule has 92 valence electrons. The van der Waals surface area contributed by atoms with Gasteiger partial charge in [0.25, 0.3) is 0 Å². The molecule has 4 N–H and O–H groups in total. The second kappa shape index (κ2) is 5.88. The van der Waals surface area contributed by atoms with Crippen molar-refractivity contribution in [1.82, 2.24) is 5.43 Å². The number of hydrogen-bond donors (Lipinski definition) is 4. The van der Waals surface area contributed by atoms with Crippen molar-refractivity contribution in [2.24, 2.45) is 0 Å². The fourth-order valence-electron chi connectivity index (χ4n) is 1.36. The Kier molecular flexibility index (Phi) is 3.98. The van der Waals surface area contributed by atoms with E-state index in [1.807, 2.05) is 30.3 Å². The van der Waals surface area contributed by atoms with Crippen molar-refractivity contribution in [3.05, 3.63) is 54.6 Å². The summed E-state index contributed by atoms with van der Waals surface area (Å²) in [7, 11) is 0. The molecule has 5 heteroatoms. The lowest BCUT2D eigenvalue weighted by atomic mass is 10.3. The van der Waals surface area contributed by atoms with E-state index in [9.17, 15) is 0 Å². The standard InChI is InChI=1S/C13H13N3OS/c17-12-8-6-10(7-9-12)14-13(18)16-15-11-4-2-1-3-5-11/h1-9,15,17H,(H2,14,16,18). The van der Waals surface area contributed by atoms with E-state index in [0.717, 1.165) is 11.4 Å². The molecule has 2 rings (SSSR count). The molecule has 0 atom stereocenters. The van der Waals surface area contributed by atoms with E-state index < -0.39 is 0 Å². The van der Waals surface area contributed by atoms with Crippen LogP contribution in [0.25, 0.3) is 0 Å². The van der Waals surface area contributed by atoms with Gasteiger partial charge in [-0.3, -0.25) is 10.9 Å². The van der Waals surface area contributed by atoms with Crippen LogP contribution in [0.4, 0.5) is 11.4 Å². The van der Waals surface area contributed by atoms with E-state index in [1.54, 1.807) is 24.3 Å². The molecule has 0 radical (unpaired) electrons. The minimum Gasteiger partial charge on any atom is -0.508 e. The maximum absolute atomic E-state index is 9.15. The zero-order valence-corrected chi connectivity index (χ0v) is 10.4. The van der Waals surface area contributed by atoms with Crippen LogP contribution in [0.5, 0.6) is 5.75 Å². The summed E-state index contributed by atoms with van der Waals surface area (Å²) in [5.74, 6) is 0.224. The van der Waals surface area contributed by atoms with Crippen LogP contribution in [-0.4, -0.2) is 10.2 Å². The van der Waals surface area contributed by atoms with E-state index in [2.05, 4.69) is 16.2 Å². The Balaban J connectivity index is 1.84. The molecule has 2 aromatic rings. The number of aromatic hydroxyl groups is 1. The summed E-state index contributed by atoms with van der Waals surface area (Å²) < 4.78 is 0. The van der Waals surface area contributed by atoms with Gasteiger partial charge in [-0.25, -0.2) is 0 Å². The number of anilines is 2. The summed E-state index contributed by atoms with van der Waals surface area (Å²) in [6.07, 6.45) is 0. The number of thiocarbonyl (C=S) groups is 1. The van der Waals surface area contributed by atoms with Crippen LogP contribution in [0.3, 0.4) is 0 Å². The number of hydrazine groups is 1. The molecule has 4 nitrogen and oxygen atoms in total. The second-order valence-electron chi connectivity index (χ2n) is 3.62. The Hall–Kier alpha value is -2.27. The van der Waals surface area contributed by atoms with Gasteiger partial charge in [-0.15, -0.1) is 0 Å². The predicted octanol–water partition coefficient (Wildman–Crippen LogP) is 2.71. The molecule has 0 unspecified atom stereocenters. The number of benzene rings is 2. The zero-order chi connectivity index (χ0) is 12.8. The molecule has 0 aliphatic carbocycles. The van der Waals surface area contributed by atoms with Gasteiger partial charge in [0.1, 0.15) is 5.75 Å². The minimum absolute atomic E-state index is 0.224. The molecule has 0 saturated heterocycles. The molecular formula is C13H13N3OS. The van der Waals surface area contributed by atoms with E-state index in [-0.39, 0.29) is 5.75 Å². The Labute approximate surface area is 111 Å². The van der Waals surface area contributed by atoms with E-state index >= 15 is 0 Å². The Morgan fingerprint density at radius 3 is 2.22 bits per heavy atom. The third kappa shape index (κ3) is 3.64. The number of phenolic OH excluding ortho intramolecular Hbond substituents is 1. The average molecular weight is 259 g/mol. The summed E-state index contributed by atoms with van der Waals surface area (Å²) in [6, 6.07) is 16.3. The Morgan fingerprint density at radius 1 is 0.889 bits per heavy atom. The maximum Gasteiger partial charge on any atom is 0.189 e. The number of nitrogens with one attached hydrogen (secondary N) is 3. The van der Waals surface area contributed by atoms with Crippen molar-refractivity contribution in [3.8, 4) is 5.75 Å². The molecule has 0 heterocycles. The minimum atomic E-state index is 0.224. The highest BCUT2D eigenvalue weighted by Crippen LogP contribution is 2.13. The van der Waals surface area contributed by atoms with Crippen LogP contribution in [0, 0.1) is 0 Å². The van der Waals surface area contributed by atoms with Gasteiger partial charge in [0.15, 0.2) is 5.11 Å². The van der Waals surface area contributed by atoms with Crippen LogP contribution in [0.2, 0.25) is 0 Å². The van der Waals surface area contributed by atoms with Gasteiger partial charge in [-0.05, 0) is 48.6 Å². The molecule has 0 amide bonds. The Bertz CT molecular complexity index is 514. The Morgan fingerprint density at radius 2 is 1.56 bits per heavy atom. The van der Waals surface area contributed by atoms with Crippen LogP contribution in [0.1, 0.15) is 0 Å². The number of hydrogen-bond acceptors (Lipinski definition) is 3. The molecule has 0 aliphatic rings. The lowest BCUT2D eigenvalue weighted by Gasteiger charge is -2.12. The fourth-order valence-corrected chi connectivity index (χ4v) is 1.53. The molecule has 0 saturated carbocycles. The monoisotopic (exact) mass is 259 g/mol. The van der Waals surface area contributed by atoms with Gasteiger partial charge >= 0.3 is 0 Å². The SMILES string of the molecule is Oc1ccc(NC(=S)NNc2ccccc2)cc1. The van der Waals surface area contributed by atoms with Crippen molar-refractivity contribution >= 4 is 28.7 Å². The summed E-state index contributed by atoms with van der Waals surface area (Å²) in [5.41, 5.74) is 7.57. The largest absolute Gasteiger partial charge is 0.508 e. The predicted molar refractivity (Wildman–Crippen MR) is 77.5 cm³/mol. The highest BCUT2D eigenvalue weighted by atomic mass is 32.1. The number of phenols is 1. The molecule has 18 heavy (non-hydrogen) atoms. The first kappa shape index (κ1) is 12.2. The van der Waals surface area contributed by atoms with Crippen molar-refractivity contribution < 1.29 is 5.11 Å². The smallest absolute Gasteiger partial charge is 0.189 e. The maximum atomic E-state index is 9.15. The first-order valence-electron chi connectivity index (χ1n) is 5.41. The molecule has 0 aliphatic heterocycles. The van der Waals surface area contributed by atoms with E-state index in [1.165, 1.54) is 0 Å². The molecule has 2 aromatic carbocycles. The van der Waals surface area contributed by atoms with Gasteiger partial charge in [0.05, 0.1) is 5.69 Å². The van der Waals surface area contributed by atoms with Gasteiger partial charge < -0.3 is 10.4 Å². The van der Waals surface area contributed by atoms with Crippen molar-refractivity contribution in [2.75, 3.05) is 10.7 Å². The van der Waals surface area contributed by atoms with Gasteiger partial charge in [0, 0.05) is 5.69 Å².